The third-order valence-electron chi connectivity index (χ3n) is 4.01. The Morgan fingerprint density at radius 1 is 1.44 bits per heavy atom. The zero-order chi connectivity index (χ0) is 18.7. The molecule has 0 spiro atoms. The molecule has 0 radical (unpaired) electrons. The molecule has 0 aromatic heterocycles. The Morgan fingerprint density at radius 2 is 2.12 bits per heavy atom. The summed E-state index contributed by atoms with van der Waals surface area (Å²) in [7, 11) is 0.0203. The van der Waals surface area contributed by atoms with Crippen molar-refractivity contribution in [2.45, 2.75) is 11.4 Å². The van der Waals surface area contributed by atoms with E-state index in [1.165, 1.54) is 30.3 Å². The molecule has 1 aliphatic heterocycles. The van der Waals surface area contributed by atoms with Gasteiger partial charge in [0, 0.05) is 37.8 Å². The Balaban J connectivity index is 2.15. The molecule has 1 aliphatic rings. The monoisotopic (exact) mass is 370 g/mol. The van der Waals surface area contributed by atoms with Gasteiger partial charge in [0.1, 0.15) is 11.7 Å². The lowest BCUT2D eigenvalue weighted by Gasteiger charge is -2.21. The Hall–Kier alpha value is -2.13. The SMILES string of the molecule is CN(Cc1ccc(F)cc1S(C)=O)C(=O)C1CN(CCO)C(=O)C1=O. The van der Waals surface area contributed by atoms with E-state index in [1.54, 1.807) is 0 Å². The van der Waals surface area contributed by atoms with Crippen molar-refractivity contribution < 1.29 is 28.1 Å². The minimum atomic E-state index is -1.44. The van der Waals surface area contributed by atoms with E-state index in [-0.39, 0.29) is 31.1 Å². The van der Waals surface area contributed by atoms with Crippen molar-refractivity contribution >= 4 is 28.4 Å². The van der Waals surface area contributed by atoms with E-state index in [4.69, 9.17) is 5.11 Å². The zero-order valence-electron chi connectivity index (χ0n) is 13.9. The number of halogens is 1. The standard InChI is InChI=1S/C16H19FN2O5S/c1-18(8-10-3-4-11(17)7-13(10)25(2)24)15(22)12-9-19(5-6-20)16(23)14(12)21/h3-4,7,12,20H,5-6,8-9H2,1-2H3. The van der Waals surface area contributed by atoms with Crippen LogP contribution in [0, 0.1) is 11.7 Å². The number of aliphatic hydroxyl groups excluding tert-OH is 1. The maximum Gasteiger partial charge on any atom is 0.290 e. The summed E-state index contributed by atoms with van der Waals surface area (Å²) in [6, 6.07) is 3.80. The molecular weight excluding hydrogens is 351 g/mol. The number of rotatable bonds is 6. The fourth-order valence-corrected chi connectivity index (χ4v) is 3.50. The highest BCUT2D eigenvalue weighted by atomic mass is 32.2. The number of benzene rings is 1. The van der Waals surface area contributed by atoms with Gasteiger partial charge in [0.15, 0.2) is 0 Å². The number of nitrogens with zero attached hydrogens (tertiary/aromatic N) is 2. The molecule has 0 aliphatic carbocycles. The minimum Gasteiger partial charge on any atom is -0.395 e. The lowest BCUT2D eigenvalue weighted by molar-refractivity contribution is -0.144. The summed E-state index contributed by atoms with van der Waals surface area (Å²) in [5.41, 5.74) is 0.502. The number of Topliss-reactive ketones (excluding diaryl/α,β-unsaturated/α-hetero) is 1. The minimum absolute atomic E-state index is 0.00497. The van der Waals surface area contributed by atoms with Crippen LogP contribution in [0.4, 0.5) is 4.39 Å². The summed E-state index contributed by atoms with van der Waals surface area (Å²) in [5.74, 6) is -3.78. The Kier molecular flexibility index (Phi) is 6.02. The number of β-amino-alcohol motifs (C(OH)–C–C–N with tert-alkyl or cyclic N) is 1. The van der Waals surface area contributed by atoms with Crippen LogP contribution < -0.4 is 0 Å². The summed E-state index contributed by atoms with van der Waals surface area (Å²) in [6.45, 7) is -0.338. The molecule has 1 fully saturated rings. The van der Waals surface area contributed by atoms with Gasteiger partial charge in [-0.2, -0.15) is 0 Å². The number of hydrogen-bond acceptors (Lipinski definition) is 5. The third-order valence-corrected chi connectivity index (χ3v) is 5.01. The van der Waals surface area contributed by atoms with E-state index in [0.717, 1.165) is 11.0 Å². The van der Waals surface area contributed by atoms with Gasteiger partial charge in [0.2, 0.25) is 11.7 Å². The maximum absolute atomic E-state index is 13.3. The molecule has 0 bridgehead atoms. The van der Waals surface area contributed by atoms with Gasteiger partial charge in [-0.25, -0.2) is 4.39 Å². The highest BCUT2D eigenvalue weighted by Crippen LogP contribution is 2.20. The van der Waals surface area contributed by atoms with Crippen LogP contribution >= 0.6 is 0 Å². The number of hydrogen-bond donors (Lipinski definition) is 1. The van der Waals surface area contributed by atoms with Crippen LogP contribution in [-0.2, 0) is 31.7 Å². The lowest BCUT2D eigenvalue weighted by atomic mass is 10.1. The zero-order valence-corrected chi connectivity index (χ0v) is 14.7. The Bertz CT molecular complexity index is 739. The summed E-state index contributed by atoms with van der Waals surface area (Å²) >= 11 is 0. The largest absolute Gasteiger partial charge is 0.395 e. The summed E-state index contributed by atoms with van der Waals surface area (Å²) in [5, 5.41) is 8.90. The van der Waals surface area contributed by atoms with Crippen molar-refractivity contribution in [3.05, 3.63) is 29.6 Å². The molecule has 7 nitrogen and oxygen atoms in total. The second-order valence-electron chi connectivity index (χ2n) is 5.79. The second kappa shape index (κ2) is 7.83. The molecule has 2 atom stereocenters. The van der Waals surface area contributed by atoms with Crippen LogP contribution in [0.2, 0.25) is 0 Å². The van der Waals surface area contributed by atoms with Gasteiger partial charge in [0.05, 0.1) is 17.4 Å². The van der Waals surface area contributed by atoms with Crippen molar-refractivity contribution in [1.82, 2.24) is 9.80 Å². The van der Waals surface area contributed by atoms with E-state index < -0.39 is 40.1 Å². The van der Waals surface area contributed by atoms with Gasteiger partial charge in [-0.1, -0.05) is 6.07 Å². The lowest BCUT2D eigenvalue weighted by Crippen LogP contribution is -2.37. The van der Waals surface area contributed by atoms with E-state index in [9.17, 15) is 23.0 Å². The van der Waals surface area contributed by atoms with Crippen molar-refractivity contribution in [2.75, 3.05) is 33.0 Å². The van der Waals surface area contributed by atoms with Crippen LogP contribution in [0.3, 0.4) is 0 Å². The van der Waals surface area contributed by atoms with E-state index >= 15 is 0 Å². The number of aliphatic hydroxyl groups is 1. The first kappa shape index (κ1) is 19.2. The van der Waals surface area contributed by atoms with Gasteiger partial charge in [0.25, 0.3) is 5.91 Å². The second-order valence-corrected chi connectivity index (χ2v) is 7.14. The molecule has 1 N–H and O–H groups in total. The number of likely N-dealkylation sites (tertiary alicyclic amines) is 1. The number of amides is 2. The van der Waals surface area contributed by atoms with Crippen LogP contribution in [0.1, 0.15) is 5.56 Å². The predicted molar refractivity (Wildman–Crippen MR) is 87.4 cm³/mol. The molecule has 9 heteroatoms. The average Bonchev–Trinajstić information content (AvgIpc) is 2.84. The van der Waals surface area contributed by atoms with Gasteiger partial charge < -0.3 is 14.9 Å². The average molecular weight is 370 g/mol. The molecule has 25 heavy (non-hydrogen) atoms. The predicted octanol–water partition coefficient (Wildman–Crippen LogP) is -0.459. The van der Waals surface area contributed by atoms with E-state index in [0.29, 0.717) is 5.56 Å². The topological polar surface area (TPSA) is 95.0 Å². The van der Waals surface area contributed by atoms with Crippen molar-refractivity contribution in [3.63, 3.8) is 0 Å². The molecule has 2 rings (SSSR count). The molecule has 0 saturated carbocycles. The first-order chi connectivity index (χ1) is 11.8. The molecule has 136 valence electrons. The summed E-state index contributed by atoms with van der Waals surface area (Å²) in [4.78, 5) is 39.0. The molecule has 1 saturated heterocycles. The van der Waals surface area contributed by atoms with Crippen LogP contribution in [0.5, 0.6) is 0 Å². The van der Waals surface area contributed by atoms with Crippen molar-refractivity contribution in [1.29, 1.82) is 0 Å². The first-order valence-corrected chi connectivity index (χ1v) is 9.12. The molecular formula is C16H19FN2O5S. The van der Waals surface area contributed by atoms with Gasteiger partial charge in [-0.15, -0.1) is 0 Å². The van der Waals surface area contributed by atoms with Crippen LogP contribution in [0.15, 0.2) is 23.1 Å². The molecule has 1 aromatic rings. The number of carbonyl (C=O) groups excluding carboxylic acids is 3. The fourth-order valence-electron chi connectivity index (χ4n) is 2.72. The van der Waals surface area contributed by atoms with Crippen LogP contribution in [-0.4, -0.2) is 69.7 Å². The van der Waals surface area contributed by atoms with E-state index in [2.05, 4.69) is 0 Å². The van der Waals surface area contributed by atoms with Crippen molar-refractivity contribution in [2.24, 2.45) is 5.92 Å². The number of carbonyl (C=O) groups is 3. The Labute approximate surface area is 146 Å². The first-order valence-electron chi connectivity index (χ1n) is 7.57. The van der Waals surface area contributed by atoms with Gasteiger partial charge >= 0.3 is 0 Å². The normalized spacial score (nSPS) is 18.6. The molecule has 1 heterocycles. The highest BCUT2D eigenvalue weighted by Gasteiger charge is 2.43. The molecule has 2 unspecified atom stereocenters. The Morgan fingerprint density at radius 3 is 2.72 bits per heavy atom. The van der Waals surface area contributed by atoms with Gasteiger partial charge in [-0.3, -0.25) is 18.6 Å². The smallest absolute Gasteiger partial charge is 0.290 e. The summed E-state index contributed by atoms with van der Waals surface area (Å²) in [6.07, 6.45) is 1.41. The highest BCUT2D eigenvalue weighted by molar-refractivity contribution is 7.84. The van der Waals surface area contributed by atoms with E-state index in [1.807, 2.05) is 0 Å². The van der Waals surface area contributed by atoms with Gasteiger partial charge in [-0.05, 0) is 17.7 Å². The van der Waals surface area contributed by atoms with Crippen molar-refractivity contribution in [3.8, 4) is 0 Å². The summed E-state index contributed by atoms with van der Waals surface area (Å²) < 4.78 is 25.1. The fraction of sp³-hybridized carbons (Fsp3) is 0.438. The maximum atomic E-state index is 13.3. The quantitative estimate of drug-likeness (QED) is 0.540. The third kappa shape index (κ3) is 4.10. The molecule has 2 amide bonds. The molecule has 1 aromatic carbocycles. The number of ketones is 1. The van der Waals surface area contributed by atoms with Crippen LogP contribution in [0.25, 0.3) is 0 Å².